The van der Waals surface area contributed by atoms with Gasteiger partial charge in [-0.3, -0.25) is 9.36 Å². The summed E-state index contributed by atoms with van der Waals surface area (Å²) in [5.74, 6) is 0.0219. The van der Waals surface area contributed by atoms with Crippen LogP contribution in [0.25, 0.3) is 11.4 Å². The predicted molar refractivity (Wildman–Crippen MR) is 111 cm³/mol. The number of rotatable bonds is 8. The van der Waals surface area contributed by atoms with Crippen LogP contribution in [-0.4, -0.2) is 70.6 Å². The number of carboxylic acid groups (broad SMARTS) is 1. The summed E-state index contributed by atoms with van der Waals surface area (Å²) in [5.41, 5.74) is 0.655. The molecule has 1 aliphatic heterocycles. The van der Waals surface area contributed by atoms with Crippen LogP contribution >= 0.6 is 11.8 Å². The lowest BCUT2D eigenvalue weighted by molar-refractivity contribution is -0.133. The molecule has 10 nitrogen and oxygen atoms in total. The smallest absolute Gasteiger partial charge is 0.313 e. The fraction of sp³-hybridized carbons (Fsp3) is 0.316. The quantitative estimate of drug-likeness (QED) is 0.496. The molecule has 0 radical (unpaired) electrons. The Bertz CT molecular complexity index is 1140. The molecule has 12 heteroatoms. The molecule has 0 amide bonds. The lowest BCUT2D eigenvalue weighted by Crippen LogP contribution is -2.40. The largest absolute Gasteiger partial charge is 0.481 e. The number of sulfonamides is 1. The molecule has 164 valence electrons. The number of carboxylic acids is 1. The summed E-state index contributed by atoms with van der Waals surface area (Å²) < 4.78 is 39.5. The summed E-state index contributed by atoms with van der Waals surface area (Å²) in [6.45, 7) is 1.72. The molecule has 1 N–H and O–H groups in total. The first-order valence-electron chi connectivity index (χ1n) is 9.43. The van der Waals surface area contributed by atoms with Gasteiger partial charge >= 0.3 is 5.97 Å². The number of hydrogen-bond acceptors (Lipinski definition) is 8. The Morgan fingerprint density at radius 1 is 1.13 bits per heavy atom. The lowest BCUT2D eigenvalue weighted by Gasteiger charge is -2.26. The average molecular weight is 465 g/mol. The van der Waals surface area contributed by atoms with E-state index in [-0.39, 0.29) is 10.6 Å². The fourth-order valence-electron chi connectivity index (χ4n) is 3.15. The van der Waals surface area contributed by atoms with Crippen molar-refractivity contribution in [2.24, 2.45) is 0 Å². The molecule has 0 saturated carbocycles. The molecule has 1 aromatic carbocycles. The van der Waals surface area contributed by atoms with Gasteiger partial charge in [0.2, 0.25) is 10.0 Å². The molecule has 0 bridgehead atoms. The van der Waals surface area contributed by atoms with E-state index >= 15 is 0 Å². The highest BCUT2D eigenvalue weighted by Gasteiger charge is 2.26. The Labute approximate surface area is 182 Å². The van der Waals surface area contributed by atoms with Crippen LogP contribution in [0.2, 0.25) is 0 Å². The van der Waals surface area contributed by atoms with Crippen LogP contribution in [0.15, 0.2) is 57.1 Å². The third-order valence-corrected chi connectivity index (χ3v) is 7.52. The van der Waals surface area contributed by atoms with Crippen LogP contribution in [0.5, 0.6) is 0 Å². The SMILES string of the molecule is O=C(O)CSc1nnc(-c2ccc(S(=O)(=O)N3CCOCC3)cc2)n1Cc1ccco1. The molecule has 3 heterocycles. The monoisotopic (exact) mass is 464 g/mol. The van der Waals surface area contributed by atoms with Gasteiger partial charge < -0.3 is 14.3 Å². The molecule has 0 unspecified atom stereocenters. The summed E-state index contributed by atoms with van der Waals surface area (Å²) in [4.78, 5) is 11.2. The van der Waals surface area contributed by atoms with E-state index in [2.05, 4.69) is 10.2 Å². The van der Waals surface area contributed by atoms with Gasteiger partial charge in [-0.1, -0.05) is 11.8 Å². The van der Waals surface area contributed by atoms with Gasteiger partial charge in [-0.25, -0.2) is 8.42 Å². The minimum Gasteiger partial charge on any atom is -0.481 e. The van der Waals surface area contributed by atoms with E-state index in [1.165, 1.54) is 16.4 Å². The Kier molecular flexibility index (Phi) is 6.41. The van der Waals surface area contributed by atoms with Crippen LogP contribution in [0, 0.1) is 0 Å². The van der Waals surface area contributed by atoms with Crippen LogP contribution < -0.4 is 0 Å². The van der Waals surface area contributed by atoms with Crippen molar-refractivity contribution in [1.29, 1.82) is 0 Å². The second-order valence-corrected chi connectivity index (χ2v) is 9.58. The van der Waals surface area contributed by atoms with Gasteiger partial charge in [-0.15, -0.1) is 10.2 Å². The van der Waals surface area contributed by atoms with Crippen molar-refractivity contribution >= 4 is 27.8 Å². The van der Waals surface area contributed by atoms with Crippen LogP contribution in [0.4, 0.5) is 0 Å². The summed E-state index contributed by atoms with van der Waals surface area (Å²) in [7, 11) is -3.60. The summed E-state index contributed by atoms with van der Waals surface area (Å²) in [6, 6.07) is 9.97. The van der Waals surface area contributed by atoms with Gasteiger partial charge in [0.25, 0.3) is 0 Å². The molecule has 0 aliphatic carbocycles. The number of hydrogen-bond donors (Lipinski definition) is 1. The number of morpholine rings is 1. The zero-order valence-corrected chi connectivity index (χ0v) is 18.0. The molecular formula is C19H20N4O6S2. The minimum absolute atomic E-state index is 0.160. The number of carbonyl (C=O) groups is 1. The predicted octanol–water partition coefficient (Wildman–Crippen LogP) is 1.78. The van der Waals surface area contributed by atoms with Crippen molar-refractivity contribution in [2.45, 2.75) is 16.6 Å². The standard InChI is InChI=1S/C19H20N4O6S2/c24-17(25)13-30-19-21-20-18(23(19)12-15-2-1-9-29-15)14-3-5-16(6-4-14)31(26,27)22-7-10-28-11-8-22/h1-6,9H,7-8,10-13H2,(H,24,25). The van der Waals surface area contributed by atoms with Crippen LogP contribution in [0.1, 0.15) is 5.76 Å². The number of benzene rings is 1. The lowest BCUT2D eigenvalue weighted by atomic mass is 10.2. The number of nitrogens with zero attached hydrogens (tertiary/aromatic N) is 4. The highest BCUT2D eigenvalue weighted by molar-refractivity contribution is 7.99. The number of thioether (sulfide) groups is 1. The molecule has 2 aromatic heterocycles. The second kappa shape index (κ2) is 9.22. The van der Waals surface area contributed by atoms with Gasteiger partial charge in [-0.05, 0) is 36.4 Å². The second-order valence-electron chi connectivity index (χ2n) is 6.69. The number of aliphatic carboxylic acids is 1. The average Bonchev–Trinajstić information content (AvgIpc) is 3.43. The zero-order chi connectivity index (χ0) is 21.8. The summed E-state index contributed by atoms with van der Waals surface area (Å²) in [6.07, 6.45) is 1.55. The molecule has 1 fully saturated rings. The third kappa shape index (κ3) is 4.82. The van der Waals surface area contributed by atoms with Crippen molar-refractivity contribution < 1.29 is 27.5 Å². The first kappa shape index (κ1) is 21.6. The maximum absolute atomic E-state index is 12.8. The Morgan fingerprint density at radius 2 is 1.87 bits per heavy atom. The highest BCUT2D eigenvalue weighted by atomic mass is 32.2. The normalized spacial score (nSPS) is 15.2. The van der Waals surface area contributed by atoms with Gasteiger partial charge in [-0.2, -0.15) is 4.31 Å². The van der Waals surface area contributed by atoms with Crippen molar-refractivity contribution in [1.82, 2.24) is 19.1 Å². The van der Waals surface area contributed by atoms with Crippen molar-refractivity contribution in [3.8, 4) is 11.4 Å². The fourth-order valence-corrected chi connectivity index (χ4v) is 5.21. The van der Waals surface area contributed by atoms with Gasteiger partial charge in [0, 0.05) is 18.7 Å². The minimum atomic E-state index is -3.60. The van der Waals surface area contributed by atoms with E-state index in [0.29, 0.717) is 55.2 Å². The van der Waals surface area contributed by atoms with E-state index < -0.39 is 16.0 Å². The van der Waals surface area contributed by atoms with Crippen LogP contribution in [0.3, 0.4) is 0 Å². The zero-order valence-electron chi connectivity index (χ0n) is 16.4. The van der Waals surface area contributed by atoms with Gasteiger partial charge in [0.15, 0.2) is 11.0 Å². The Hall–Kier alpha value is -2.67. The third-order valence-electron chi connectivity index (χ3n) is 4.66. The van der Waals surface area contributed by atoms with E-state index in [0.717, 1.165) is 11.8 Å². The number of ether oxygens (including phenoxy) is 1. The van der Waals surface area contributed by atoms with Crippen molar-refractivity contribution in [3.05, 3.63) is 48.4 Å². The molecule has 31 heavy (non-hydrogen) atoms. The van der Waals surface area contributed by atoms with Crippen LogP contribution in [-0.2, 0) is 26.1 Å². The summed E-state index contributed by atoms with van der Waals surface area (Å²) >= 11 is 1.05. The van der Waals surface area contributed by atoms with Gasteiger partial charge in [0.1, 0.15) is 5.76 Å². The molecule has 0 spiro atoms. The van der Waals surface area contributed by atoms with E-state index in [1.807, 2.05) is 0 Å². The van der Waals surface area contributed by atoms with Crippen molar-refractivity contribution in [2.75, 3.05) is 32.1 Å². The molecular weight excluding hydrogens is 444 g/mol. The molecule has 0 atom stereocenters. The number of aromatic nitrogens is 3. The maximum Gasteiger partial charge on any atom is 0.313 e. The summed E-state index contributed by atoms with van der Waals surface area (Å²) in [5, 5.41) is 17.8. The maximum atomic E-state index is 12.8. The van der Waals surface area contributed by atoms with E-state index in [9.17, 15) is 13.2 Å². The highest BCUT2D eigenvalue weighted by Crippen LogP contribution is 2.27. The molecule has 3 aromatic rings. The Morgan fingerprint density at radius 3 is 2.52 bits per heavy atom. The first-order valence-corrected chi connectivity index (χ1v) is 11.9. The van der Waals surface area contributed by atoms with E-state index in [1.54, 1.807) is 35.1 Å². The van der Waals surface area contributed by atoms with Gasteiger partial charge in [0.05, 0.1) is 36.7 Å². The molecule has 1 saturated heterocycles. The first-order chi connectivity index (χ1) is 14.9. The van der Waals surface area contributed by atoms with Crippen molar-refractivity contribution in [3.63, 3.8) is 0 Å². The van der Waals surface area contributed by atoms with E-state index in [4.69, 9.17) is 14.3 Å². The number of furan rings is 1. The Balaban J connectivity index is 1.63. The topological polar surface area (TPSA) is 128 Å². The molecule has 4 rings (SSSR count). The molecule has 1 aliphatic rings.